The van der Waals surface area contributed by atoms with Gasteiger partial charge in [-0.2, -0.15) is 0 Å². The molecule has 1 heterocycles. The van der Waals surface area contributed by atoms with Gasteiger partial charge in [0.1, 0.15) is 0 Å². The Morgan fingerprint density at radius 1 is 1.16 bits per heavy atom. The Morgan fingerprint density at radius 2 is 1.92 bits per heavy atom. The molecule has 7 heteroatoms. The Kier molecular flexibility index (Phi) is 10.3. The van der Waals surface area contributed by atoms with Crippen LogP contribution < -0.4 is 15.4 Å². The zero-order valence-corrected chi connectivity index (χ0v) is 17.5. The van der Waals surface area contributed by atoms with E-state index in [1.54, 1.807) is 13.3 Å². The lowest BCUT2D eigenvalue weighted by Gasteiger charge is -2.12. The highest BCUT2D eigenvalue weighted by molar-refractivity contribution is 14.0. The maximum atomic E-state index is 6.18. The van der Waals surface area contributed by atoms with E-state index >= 15 is 0 Å². The Bertz CT molecular complexity index is 682. The van der Waals surface area contributed by atoms with Gasteiger partial charge in [0, 0.05) is 29.9 Å². The van der Waals surface area contributed by atoms with Gasteiger partial charge in [0.2, 0.25) is 5.88 Å². The van der Waals surface area contributed by atoms with Crippen LogP contribution in [-0.4, -0.2) is 31.1 Å². The van der Waals surface area contributed by atoms with Gasteiger partial charge >= 0.3 is 0 Å². The van der Waals surface area contributed by atoms with Gasteiger partial charge in [0.25, 0.3) is 0 Å². The van der Waals surface area contributed by atoms with Crippen LogP contribution in [0.25, 0.3) is 0 Å². The highest BCUT2D eigenvalue weighted by Gasteiger charge is 2.04. The zero-order chi connectivity index (χ0) is 17.2. The van der Waals surface area contributed by atoms with Gasteiger partial charge in [-0.05, 0) is 31.0 Å². The summed E-state index contributed by atoms with van der Waals surface area (Å²) in [5.41, 5.74) is 2.07. The summed E-state index contributed by atoms with van der Waals surface area (Å²) >= 11 is 6.18. The Hall–Kier alpha value is -1.54. The SMILES string of the molecule is CCNC(=NCc1cccnc1OC)NCCc1ccccc1Cl.I. The van der Waals surface area contributed by atoms with Crippen molar-refractivity contribution in [3.63, 3.8) is 0 Å². The maximum Gasteiger partial charge on any atom is 0.218 e. The van der Waals surface area contributed by atoms with E-state index in [0.29, 0.717) is 12.4 Å². The van der Waals surface area contributed by atoms with Crippen LogP contribution in [0.3, 0.4) is 0 Å². The molecule has 0 saturated carbocycles. The largest absolute Gasteiger partial charge is 0.481 e. The quantitative estimate of drug-likeness (QED) is 0.365. The molecule has 0 aliphatic rings. The summed E-state index contributed by atoms with van der Waals surface area (Å²) in [6.45, 7) is 4.08. The van der Waals surface area contributed by atoms with Gasteiger partial charge in [0.15, 0.2) is 5.96 Å². The number of nitrogens with one attached hydrogen (secondary N) is 2. The molecule has 1 aromatic heterocycles. The molecular weight excluding hydrogens is 451 g/mol. The third kappa shape index (κ3) is 7.07. The molecule has 0 fully saturated rings. The molecule has 2 rings (SSSR count). The molecule has 2 aromatic rings. The fourth-order valence-electron chi connectivity index (χ4n) is 2.25. The number of ether oxygens (including phenoxy) is 1. The summed E-state index contributed by atoms with van der Waals surface area (Å²) in [5, 5.41) is 7.35. The summed E-state index contributed by atoms with van der Waals surface area (Å²) in [4.78, 5) is 8.77. The first kappa shape index (κ1) is 21.5. The molecule has 0 spiro atoms. The summed E-state index contributed by atoms with van der Waals surface area (Å²) in [6, 6.07) is 11.7. The molecule has 0 bridgehead atoms. The van der Waals surface area contributed by atoms with Crippen LogP contribution >= 0.6 is 35.6 Å². The first-order valence-corrected chi connectivity index (χ1v) is 8.35. The molecule has 0 atom stereocenters. The van der Waals surface area contributed by atoms with E-state index in [4.69, 9.17) is 16.3 Å². The lowest BCUT2D eigenvalue weighted by molar-refractivity contribution is 0.392. The van der Waals surface area contributed by atoms with Crippen LogP contribution in [0, 0.1) is 0 Å². The van der Waals surface area contributed by atoms with E-state index in [0.717, 1.165) is 41.6 Å². The minimum Gasteiger partial charge on any atom is -0.481 e. The molecule has 0 unspecified atom stereocenters. The predicted octanol–water partition coefficient (Wildman–Crippen LogP) is 3.66. The summed E-state index contributed by atoms with van der Waals surface area (Å²) in [7, 11) is 1.61. The van der Waals surface area contributed by atoms with Crippen LogP contribution in [0.1, 0.15) is 18.1 Å². The second-order valence-corrected chi connectivity index (χ2v) is 5.54. The second kappa shape index (κ2) is 11.9. The van der Waals surface area contributed by atoms with Crippen molar-refractivity contribution in [2.24, 2.45) is 4.99 Å². The molecule has 1 aromatic carbocycles. The van der Waals surface area contributed by atoms with Crippen molar-refractivity contribution in [3.8, 4) is 5.88 Å². The number of hydrogen-bond donors (Lipinski definition) is 2. The van der Waals surface area contributed by atoms with Crippen molar-refractivity contribution in [1.29, 1.82) is 0 Å². The number of pyridine rings is 1. The standard InChI is InChI=1S/C18H23ClN4O.HI/c1-3-20-18(22-12-10-14-7-4-5-9-16(14)19)23-13-15-8-6-11-21-17(15)24-2;/h4-9,11H,3,10,12-13H2,1-2H3,(H2,20,22,23);1H. The number of halogens is 2. The number of rotatable bonds is 7. The summed E-state index contributed by atoms with van der Waals surface area (Å²) in [5.74, 6) is 1.36. The van der Waals surface area contributed by atoms with E-state index in [1.807, 2.05) is 43.3 Å². The van der Waals surface area contributed by atoms with E-state index in [2.05, 4.69) is 20.6 Å². The first-order valence-electron chi connectivity index (χ1n) is 7.98. The highest BCUT2D eigenvalue weighted by Crippen LogP contribution is 2.15. The smallest absolute Gasteiger partial charge is 0.218 e. The van der Waals surface area contributed by atoms with Gasteiger partial charge in [-0.3, -0.25) is 0 Å². The molecular formula is C18H24ClIN4O. The Labute approximate surface area is 171 Å². The number of guanidine groups is 1. The molecule has 0 radical (unpaired) electrons. The monoisotopic (exact) mass is 474 g/mol. The topological polar surface area (TPSA) is 58.5 Å². The van der Waals surface area contributed by atoms with E-state index in [-0.39, 0.29) is 24.0 Å². The van der Waals surface area contributed by atoms with Gasteiger partial charge < -0.3 is 15.4 Å². The minimum absolute atomic E-state index is 0. The normalized spacial score (nSPS) is 10.8. The van der Waals surface area contributed by atoms with Crippen LogP contribution in [-0.2, 0) is 13.0 Å². The third-order valence-corrected chi connectivity index (χ3v) is 3.81. The summed E-state index contributed by atoms with van der Waals surface area (Å²) in [6.07, 6.45) is 2.54. The lowest BCUT2D eigenvalue weighted by atomic mass is 10.1. The number of aliphatic imine (C=N–C) groups is 1. The fourth-order valence-corrected chi connectivity index (χ4v) is 2.48. The van der Waals surface area contributed by atoms with Crippen LogP contribution in [0.4, 0.5) is 0 Å². The van der Waals surface area contributed by atoms with Crippen LogP contribution in [0.5, 0.6) is 5.88 Å². The van der Waals surface area contributed by atoms with Crippen molar-refractivity contribution >= 4 is 41.5 Å². The zero-order valence-electron chi connectivity index (χ0n) is 14.5. The molecule has 136 valence electrons. The average molecular weight is 475 g/mol. The summed E-state index contributed by atoms with van der Waals surface area (Å²) < 4.78 is 5.25. The van der Waals surface area contributed by atoms with E-state index in [9.17, 15) is 0 Å². The van der Waals surface area contributed by atoms with Gasteiger partial charge in [0.05, 0.1) is 13.7 Å². The Balaban J connectivity index is 0.00000312. The number of benzene rings is 1. The number of methoxy groups -OCH3 is 1. The lowest BCUT2D eigenvalue weighted by Crippen LogP contribution is -2.38. The van der Waals surface area contributed by atoms with Gasteiger partial charge in [-0.25, -0.2) is 9.98 Å². The van der Waals surface area contributed by atoms with Crippen LogP contribution in [0.15, 0.2) is 47.6 Å². The molecule has 2 N–H and O–H groups in total. The molecule has 0 aliphatic carbocycles. The van der Waals surface area contributed by atoms with Crippen molar-refractivity contribution in [2.75, 3.05) is 20.2 Å². The molecule has 0 amide bonds. The average Bonchev–Trinajstić information content (AvgIpc) is 2.61. The first-order chi connectivity index (χ1) is 11.7. The molecule has 0 aliphatic heterocycles. The predicted molar refractivity (Wildman–Crippen MR) is 114 cm³/mol. The number of nitrogens with zero attached hydrogens (tertiary/aromatic N) is 2. The maximum absolute atomic E-state index is 6.18. The van der Waals surface area contributed by atoms with Crippen molar-refractivity contribution in [3.05, 3.63) is 58.7 Å². The molecule has 5 nitrogen and oxygen atoms in total. The van der Waals surface area contributed by atoms with Crippen molar-refractivity contribution in [2.45, 2.75) is 19.9 Å². The van der Waals surface area contributed by atoms with Crippen LogP contribution in [0.2, 0.25) is 5.02 Å². The number of aromatic nitrogens is 1. The molecule has 25 heavy (non-hydrogen) atoms. The van der Waals surface area contributed by atoms with E-state index < -0.39 is 0 Å². The van der Waals surface area contributed by atoms with Gasteiger partial charge in [-0.1, -0.05) is 35.9 Å². The van der Waals surface area contributed by atoms with E-state index in [1.165, 1.54) is 0 Å². The highest BCUT2D eigenvalue weighted by atomic mass is 127. The van der Waals surface area contributed by atoms with Gasteiger partial charge in [-0.15, -0.1) is 24.0 Å². The van der Waals surface area contributed by atoms with Crippen molar-refractivity contribution in [1.82, 2.24) is 15.6 Å². The molecule has 0 saturated heterocycles. The second-order valence-electron chi connectivity index (χ2n) is 5.14. The fraction of sp³-hybridized carbons (Fsp3) is 0.333. The Morgan fingerprint density at radius 3 is 2.64 bits per heavy atom. The number of hydrogen-bond acceptors (Lipinski definition) is 3. The van der Waals surface area contributed by atoms with Crippen molar-refractivity contribution < 1.29 is 4.74 Å². The third-order valence-electron chi connectivity index (χ3n) is 3.44. The minimum atomic E-state index is 0.